The normalized spacial score (nSPS) is 19.9. The molecule has 3 aromatic rings. The van der Waals surface area contributed by atoms with Gasteiger partial charge in [-0.2, -0.15) is 0 Å². The molecule has 4 nitrogen and oxygen atoms in total. The van der Waals surface area contributed by atoms with Crippen LogP contribution in [0.1, 0.15) is 27.4 Å². The van der Waals surface area contributed by atoms with E-state index in [0.717, 1.165) is 5.56 Å². The summed E-state index contributed by atoms with van der Waals surface area (Å²) < 4.78 is 12.2. The van der Waals surface area contributed by atoms with Crippen LogP contribution in [0.3, 0.4) is 0 Å². The summed E-state index contributed by atoms with van der Waals surface area (Å²) in [5.41, 5.74) is 2.61. The molecule has 0 spiro atoms. The zero-order valence-corrected chi connectivity index (χ0v) is 21.6. The van der Waals surface area contributed by atoms with Crippen molar-refractivity contribution in [1.82, 2.24) is 0 Å². The lowest BCUT2D eigenvalue weighted by atomic mass is 10.1. The summed E-state index contributed by atoms with van der Waals surface area (Å²) in [5, 5.41) is 3.83. The van der Waals surface area contributed by atoms with E-state index in [1.165, 1.54) is 24.3 Å². The van der Waals surface area contributed by atoms with Gasteiger partial charge in [0.15, 0.2) is 0 Å². The number of hydrogen-bond donors (Lipinski definition) is 1. The van der Waals surface area contributed by atoms with Gasteiger partial charge in [0.2, 0.25) is 5.91 Å². The van der Waals surface area contributed by atoms with Gasteiger partial charge in [0.1, 0.15) is 10.2 Å². The number of carbonyl (C=O) groups is 2. The van der Waals surface area contributed by atoms with E-state index < -0.39 is 22.1 Å². The number of alkyl halides is 2. The monoisotopic (exact) mass is 570 g/mol. The maximum Gasteiger partial charge on any atom is 0.259 e. The molecule has 1 aliphatic carbocycles. The van der Waals surface area contributed by atoms with Crippen LogP contribution in [0.25, 0.3) is 0 Å². The van der Waals surface area contributed by atoms with Gasteiger partial charge in [0.25, 0.3) is 5.91 Å². The first-order valence-corrected chi connectivity index (χ1v) is 12.5. The van der Waals surface area contributed by atoms with Gasteiger partial charge in [-0.15, -0.1) is 23.2 Å². The maximum atomic E-state index is 13.6. The van der Waals surface area contributed by atoms with Gasteiger partial charge in [0.05, 0.1) is 16.5 Å². The highest BCUT2D eigenvalue weighted by atomic mass is 35.5. The average molecular weight is 573 g/mol. The van der Waals surface area contributed by atoms with Gasteiger partial charge < -0.3 is 10.2 Å². The van der Waals surface area contributed by atoms with E-state index in [9.17, 15) is 14.0 Å². The molecule has 1 heterocycles. The van der Waals surface area contributed by atoms with E-state index in [-0.39, 0.29) is 22.3 Å². The number of hydrogen-bond acceptors (Lipinski definition) is 2. The minimum Gasteiger partial charge on any atom is -0.326 e. The van der Waals surface area contributed by atoms with Gasteiger partial charge in [0, 0.05) is 33.9 Å². The van der Waals surface area contributed by atoms with Crippen molar-refractivity contribution in [2.45, 2.75) is 16.7 Å². The smallest absolute Gasteiger partial charge is 0.259 e. The van der Waals surface area contributed by atoms with Crippen molar-refractivity contribution in [2.75, 3.05) is 16.8 Å². The Bertz CT molecular complexity index is 1360. The van der Waals surface area contributed by atoms with E-state index in [4.69, 9.17) is 58.0 Å². The van der Waals surface area contributed by atoms with Crippen LogP contribution in [0.5, 0.6) is 0 Å². The molecule has 0 bridgehead atoms. The van der Waals surface area contributed by atoms with Gasteiger partial charge in [-0.3, -0.25) is 9.59 Å². The molecule has 10 heteroatoms. The first-order chi connectivity index (χ1) is 16.6. The van der Waals surface area contributed by atoms with Crippen LogP contribution in [0.15, 0.2) is 54.6 Å². The third-order valence-electron chi connectivity index (χ3n) is 6.23. The molecule has 0 saturated heterocycles. The summed E-state index contributed by atoms with van der Waals surface area (Å²) >= 11 is 31.4. The second kappa shape index (κ2) is 9.13. The molecule has 5 rings (SSSR count). The lowest BCUT2D eigenvalue weighted by Crippen LogP contribution is -2.29. The number of carbonyl (C=O) groups excluding carboxylic acids is 2. The molecule has 0 radical (unpaired) electrons. The van der Waals surface area contributed by atoms with Gasteiger partial charge >= 0.3 is 0 Å². The largest absolute Gasteiger partial charge is 0.326 e. The minimum atomic E-state index is -1.34. The number of nitrogens with zero attached hydrogens (tertiary/aromatic N) is 1. The Balaban J connectivity index is 1.36. The highest BCUT2D eigenvalue weighted by Gasteiger charge is 2.67. The van der Waals surface area contributed by atoms with Crippen LogP contribution < -0.4 is 10.2 Å². The number of halogens is 6. The predicted octanol–water partition coefficient (Wildman–Crippen LogP) is 7.51. The topological polar surface area (TPSA) is 49.4 Å². The van der Waals surface area contributed by atoms with Crippen molar-refractivity contribution >= 4 is 81.2 Å². The Kier molecular flexibility index (Phi) is 6.43. The van der Waals surface area contributed by atoms with Crippen LogP contribution >= 0.6 is 58.0 Å². The molecule has 1 saturated carbocycles. The minimum absolute atomic E-state index is 0.207. The van der Waals surface area contributed by atoms with Crippen molar-refractivity contribution in [3.8, 4) is 0 Å². The van der Waals surface area contributed by atoms with Crippen molar-refractivity contribution in [3.05, 3.63) is 92.2 Å². The Labute approximate surface area is 225 Å². The SMILES string of the molecule is O=C(Nc1ccc(Cl)c(C(=O)N2CCc3cc(F)ccc32)c1)[C@H]1[C@H](c2cc(Cl)cc(Cl)c2)C1(Cl)Cl. The third-order valence-corrected chi connectivity index (χ3v) is 7.93. The van der Waals surface area contributed by atoms with Crippen molar-refractivity contribution in [3.63, 3.8) is 0 Å². The molecule has 180 valence electrons. The average Bonchev–Trinajstić information content (AvgIpc) is 3.14. The summed E-state index contributed by atoms with van der Waals surface area (Å²) in [6, 6.07) is 13.8. The fourth-order valence-corrected chi connectivity index (χ4v) is 6.11. The number of fused-ring (bicyclic) bond motifs is 1. The lowest BCUT2D eigenvalue weighted by molar-refractivity contribution is -0.117. The summed E-state index contributed by atoms with van der Waals surface area (Å²) in [6.45, 7) is 0.400. The van der Waals surface area contributed by atoms with Crippen molar-refractivity contribution in [1.29, 1.82) is 0 Å². The van der Waals surface area contributed by atoms with Crippen molar-refractivity contribution in [2.24, 2.45) is 5.92 Å². The zero-order chi connectivity index (χ0) is 25.1. The first kappa shape index (κ1) is 24.7. The lowest BCUT2D eigenvalue weighted by Gasteiger charge is -2.19. The van der Waals surface area contributed by atoms with E-state index >= 15 is 0 Å². The summed E-state index contributed by atoms with van der Waals surface area (Å²) in [5.74, 6) is -2.38. The molecule has 0 aromatic heterocycles. The molecule has 1 N–H and O–H groups in total. The van der Waals surface area contributed by atoms with Crippen LogP contribution in [-0.2, 0) is 11.2 Å². The Morgan fingerprint density at radius 1 is 0.971 bits per heavy atom. The Morgan fingerprint density at radius 2 is 1.69 bits per heavy atom. The molecule has 35 heavy (non-hydrogen) atoms. The molecule has 2 amide bonds. The molecule has 1 fully saturated rings. The summed E-state index contributed by atoms with van der Waals surface area (Å²) in [6.07, 6.45) is 0.539. The standard InChI is InChI=1S/C25H16Cl5FN2O2/c26-14-7-13(8-15(27)10-14)21-22(25(21,29)30)23(34)32-17-2-3-19(28)18(11-17)24(35)33-6-5-12-9-16(31)1-4-20(12)33/h1-4,7-11,21-22H,5-6H2,(H,32,34)/t21-,22+/m0/s1. The maximum absolute atomic E-state index is 13.6. The first-order valence-electron chi connectivity index (χ1n) is 10.6. The number of rotatable bonds is 4. The van der Waals surface area contributed by atoms with E-state index in [1.807, 2.05) is 0 Å². The number of nitrogens with one attached hydrogen (secondary N) is 1. The van der Waals surface area contributed by atoms with E-state index in [0.29, 0.717) is 39.9 Å². The molecule has 1 aliphatic heterocycles. The van der Waals surface area contributed by atoms with Crippen LogP contribution in [0, 0.1) is 11.7 Å². The molecule has 2 atom stereocenters. The fourth-order valence-electron chi connectivity index (χ4n) is 4.54. The molecule has 2 aliphatic rings. The highest BCUT2D eigenvalue weighted by Crippen LogP contribution is 2.65. The Hall–Kier alpha value is -2.02. The molecular weight excluding hydrogens is 557 g/mol. The van der Waals surface area contributed by atoms with Crippen molar-refractivity contribution < 1.29 is 14.0 Å². The fraction of sp³-hybridized carbons (Fsp3) is 0.200. The summed E-state index contributed by atoms with van der Waals surface area (Å²) in [4.78, 5) is 27.9. The van der Waals surface area contributed by atoms with Crippen LogP contribution in [0.2, 0.25) is 15.1 Å². The van der Waals surface area contributed by atoms with Crippen LogP contribution in [-0.4, -0.2) is 22.7 Å². The molecule has 0 unspecified atom stereocenters. The van der Waals surface area contributed by atoms with Gasteiger partial charge in [-0.05, 0) is 72.1 Å². The second-order valence-electron chi connectivity index (χ2n) is 8.50. The van der Waals surface area contributed by atoms with E-state index in [1.54, 1.807) is 35.2 Å². The number of benzene rings is 3. The Morgan fingerprint density at radius 3 is 2.40 bits per heavy atom. The number of anilines is 2. The predicted molar refractivity (Wildman–Crippen MR) is 139 cm³/mol. The third kappa shape index (κ3) is 4.61. The number of amides is 2. The molecule has 3 aromatic carbocycles. The summed E-state index contributed by atoms with van der Waals surface area (Å²) in [7, 11) is 0. The quantitative estimate of drug-likeness (QED) is 0.329. The second-order valence-corrected chi connectivity index (χ2v) is 11.2. The van der Waals surface area contributed by atoms with Crippen LogP contribution in [0.4, 0.5) is 15.8 Å². The van der Waals surface area contributed by atoms with E-state index in [2.05, 4.69) is 5.32 Å². The van der Waals surface area contributed by atoms with Gasteiger partial charge in [-0.1, -0.05) is 34.8 Å². The highest BCUT2D eigenvalue weighted by molar-refractivity contribution is 6.53. The van der Waals surface area contributed by atoms with Gasteiger partial charge in [-0.25, -0.2) is 4.39 Å². The zero-order valence-electron chi connectivity index (χ0n) is 17.8. The molecular formula is C25H16Cl5FN2O2.